The van der Waals surface area contributed by atoms with Gasteiger partial charge in [-0.3, -0.25) is 4.79 Å². The van der Waals surface area contributed by atoms with E-state index < -0.39 is 5.41 Å². The molecule has 1 rings (SSSR count). The van der Waals surface area contributed by atoms with E-state index in [1.165, 1.54) is 0 Å². The fourth-order valence-electron chi connectivity index (χ4n) is 1.60. The third-order valence-electron chi connectivity index (χ3n) is 2.79. The number of hydrogen-bond donors (Lipinski definition) is 1. The largest absolute Gasteiger partial charge is 0.465 e. The maximum Gasteiger partial charge on any atom is 0.317 e. The lowest BCUT2D eigenvalue weighted by atomic mass is 9.82. The van der Waals surface area contributed by atoms with E-state index >= 15 is 0 Å². The van der Waals surface area contributed by atoms with Crippen LogP contribution in [0.15, 0.2) is 24.3 Å². The first kappa shape index (κ1) is 12.7. The van der Waals surface area contributed by atoms with Gasteiger partial charge in [-0.05, 0) is 26.3 Å². The number of benzene rings is 1. The Kier molecular flexibility index (Phi) is 4.07. The highest BCUT2D eigenvalue weighted by Crippen LogP contribution is 2.25. The Morgan fingerprint density at radius 2 is 2.19 bits per heavy atom. The van der Waals surface area contributed by atoms with Crippen LogP contribution in [0, 0.1) is 6.92 Å². The van der Waals surface area contributed by atoms with Crippen molar-refractivity contribution >= 4 is 5.97 Å². The van der Waals surface area contributed by atoms with Gasteiger partial charge in [0.2, 0.25) is 0 Å². The van der Waals surface area contributed by atoms with Gasteiger partial charge >= 0.3 is 5.97 Å². The summed E-state index contributed by atoms with van der Waals surface area (Å²) in [5, 5.41) is 0. The highest BCUT2D eigenvalue weighted by Gasteiger charge is 2.35. The average Bonchev–Trinajstić information content (AvgIpc) is 2.28. The normalized spacial score (nSPS) is 14.2. The van der Waals surface area contributed by atoms with E-state index in [0.717, 1.165) is 11.1 Å². The van der Waals surface area contributed by atoms with Crippen molar-refractivity contribution in [3.8, 4) is 0 Å². The van der Waals surface area contributed by atoms with Crippen molar-refractivity contribution in [2.45, 2.75) is 26.2 Å². The van der Waals surface area contributed by atoms with Gasteiger partial charge in [0.05, 0.1) is 6.61 Å². The van der Waals surface area contributed by atoms with Gasteiger partial charge in [0.1, 0.15) is 5.41 Å². The maximum atomic E-state index is 11.9. The van der Waals surface area contributed by atoms with Crippen LogP contribution < -0.4 is 5.73 Å². The molecule has 0 amide bonds. The molecule has 0 radical (unpaired) electrons. The van der Waals surface area contributed by atoms with Crippen molar-refractivity contribution in [2.75, 3.05) is 13.2 Å². The third kappa shape index (κ3) is 2.42. The van der Waals surface area contributed by atoms with Crippen LogP contribution in [0.25, 0.3) is 0 Å². The molecule has 1 unspecified atom stereocenters. The van der Waals surface area contributed by atoms with Crippen LogP contribution in [0.3, 0.4) is 0 Å². The molecule has 16 heavy (non-hydrogen) atoms. The maximum absolute atomic E-state index is 11.9. The molecule has 88 valence electrons. The van der Waals surface area contributed by atoms with Gasteiger partial charge in [0.25, 0.3) is 0 Å². The van der Waals surface area contributed by atoms with Gasteiger partial charge in [0, 0.05) is 6.54 Å². The number of nitrogens with two attached hydrogens (primary N) is 1. The fraction of sp³-hybridized carbons (Fsp3) is 0.462. The SMILES string of the molecule is CCOC(=O)C(C)(CN)c1cccc(C)c1. The second kappa shape index (κ2) is 5.12. The second-order valence-corrected chi connectivity index (χ2v) is 4.13. The number of carbonyl (C=O) groups is 1. The fourth-order valence-corrected chi connectivity index (χ4v) is 1.60. The molecule has 2 N–H and O–H groups in total. The molecule has 0 aliphatic rings. The monoisotopic (exact) mass is 221 g/mol. The van der Waals surface area contributed by atoms with Crippen molar-refractivity contribution in [2.24, 2.45) is 5.73 Å². The molecule has 0 spiro atoms. The highest BCUT2D eigenvalue weighted by molar-refractivity contribution is 5.83. The van der Waals surface area contributed by atoms with Gasteiger partial charge in [-0.1, -0.05) is 29.8 Å². The Morgan fingerprint density at radius 1 is 1.50 bits per heavy atom. The minimum atomic E-state index is -0.748. The van der Waals surface area contributed by atoms with Crippen molar-refractivity contribution in [1.29, 1.82) is 0 Å². The zero-order valence-electron chi connectivity index (χ0n) is 10.1. The number of esters is 1. The molecule has 0 heterocycles. The molecule has 1 atom stereocenters. The Balaban J connectivity index is 3.09. The smallest absolute Gasteiger partial charge is 0.317 e. The Morgan fingerprint density at radius 3 is 2.69 bits per heavy atom. The minimum absolute atomic E-state index is 0.245. The van der Waals surface area contributed by atoms with Crippen LogP contribution in [0.4, 0.5) is 0 Å². The summed E-state index contributed by atoms with van der Waals surface area (Å²) in [6.07, 6.45) is 0. The number of carbonyl (C=O) groups excluding carboxylic acids is 1. The van der Waals surface area contributed by atoms with Crippen molar-refractivity contribution in [3.63, 3.8) is 0 Å². The van der Waals surface area contributed by atoms with Crippen LogP contribution in [-0.4, -0.2) is 19.1 Å². The topological polar surface area (TPSA) is 52.3 Å². The Bertz CT molecular complexity index is 376. The molecule has 0 aromatic heterocycles. The quantitative estimate of drug-likeness (QED) is 0.788. The van der Waals surface area contributed by atoms with Crippen LogP contribution >= 0.6 is 0 Å². The van der Waals surface area contributed by atoms with E-state index in [1.54, 1.807) is 6.92 Å². The highest BCUT2D eigenvalue weighted by atomic mass is 16.5. The van der Waals surface area contributed by atoms with Gasteiger partial charge in [-0.25, -0.2) is 0 Å². The molecule has 3 nitrogen and oxygen atoms in total. The van der Waals surface area contributed by atoms with Gasteiger partial charge < -0.3 is 10.5 Å². The van der Waals surface area contributed by atoms with E-state index in [-0.39, 0.29) is 12.5 Å². The van der Waals surface area contributed by atoms with Gasteiger partial charge in [0.15, 0.2) is 0 Å². The standard InChI is InChI=1S/C13H19NO2/c1-4-16-12(15)13(3,9-14)11-7-5-6-10(2)8-11/h5-8H,4,9,14H2,1-3H3. The summed E-state index contributed by atoms with van der Waals surface area (Å²) >= 11 is 0. The van der Waals surface area contributed by atoms with Crippen molar-refractivity contribution in [1.82, 2.24) is 0 Å². The summed E-state index contributed by atoms with van der Waals surface area (Å²) in [5.74, 6) is -0.261. The van der Waals surface area contributed by atoms with Crippen molar-refractivity contribution in [3.05, 3.63) is 35.4 Å². The molecule has 0 saturated heterocycles. The predicted octanol–water partition coefficient (Wildman–Crippen LogP) is 1.77. The number of hydrogen-bond acceptors (Lipinski definition) is 3. The van der Waals surface area contributed by atoms with Crippen LogP contribution in [0.1, 0.15) is 25.0 Å². The molecule has 0 aliphatic heterocycles. The number of ether oxygens (including phenoxy) is 1. The van der Waals surface area contributed by atoms with Crippen LogP contribution in [0.2, 0.25) is 0 Å². The van der Waals surface area contributed by atoms with Crippen LogP contribution in [-0.2, 0) is 14.9 Å². The molecule has 0 saturated carbocycles. The molecule has 0 bridgehead atoms. The first-order chi connectivity index (χ1) is 7.54. The predicted molar refractivity (Wildman–Crippen MR) is 64.2 cm³/mol. The zero-order chi connectivity index (χ0) is 12.2. The summed E-state index contributed by atoms with van der Waals surface area (Å²) < 4.78 is 5.07. The number of aryl methyl sites for hydroxylation is 1. The van der Waals surface area contributed by atoms with E-state index in [1.807, 2.05) is 38.1 Å². The van der Waals surface area contributed by atoms with E-state index in [2.05, 4.69) is 0 Å². The first-order valence-corrected chi connectivity index (χ1v) is 5.49. The molecule has 1 aromatic carbocycles. The Hall–Kier alpha value is -1.35. The lowest BCUT2D eigenvalue weighted by Gasteiger charge is -2.26. The summed E-state index contributed by atoms with van der Waals surface area (Å²) in [4.78, 5) is 11.9. The van der Waals surface area contributed by atoms with E-state index in [4.69, 9.17) is 10.5 Å². The minimum Gasteiger partial charge on any atom is -0.465 e. The lowest BCUT2D eigenvalue weighted by Crippen LogP contribution is -2.41. The lowest BCUT2D eigenvalue weighted by molar-refractivity contribution is -0.149. The first-order valence-electron chi connectivity index (χ1n) is 5.49. The molecule has 1 aromatic rings. The molecular weight excluding hydrogens is 202 g/mol. The van der Waals surface area contributed by atoms with Crippen LogP contribution in [0.5, 0.6) is 0 Å². The average molecular weight is 221 g/mol. The van der Waals surface area contributed by atoms with Gasteiger partial charge in [-0.15, -0.1) is 0 Å². The second-order valence-electron chi connectivity index (χ2n) is 4.13. The van der Waals surface area contributed by atoms with Crippen molar-refractivity contribution < 1.29 is 9.53 Å². The number of rotatable bonds is 4. The summed E-state index contributed by atoms with van der Waals surface area (Å²) in [6.45, 7) is 6.23. The Labute approximate surface area is 96.6 Å². The van der Waals surface area contributed by atoms with E-state index in [9.17, 15) is 4.79 Å². The molecular formula is C13H19NO2. The summed E-state index contributed by atoms with van der Waals surface area (Å²) in [5.41, 5.74) is 6.99. The summed E-state index contributed by atoms with van der Waals surface area (Å²) in [6, 6.07) is 7.81. The summed E-state index contributed by atoms with van der Waals surface area (Å²) in [7, 11) is 0. The molecule has 0 fully saturated rings. The van der Waals surface area contributed by atoms with Gasteiger partial charge in [-0.2, -0.15) is 0 Å². The third-order valence-corrected chi connectivity index (χ3v) is 2.79. The molecule has 0 aliphatic carbocycles. The van der Waals surface area contributed by atoms with E-state index in [0.29, 0.717) is 6.61 Å². The molecule has 3 heteroatoms. The zero-order valence-corrected chi connectivity index (χ0v) is 10.1.